The van der Waals surface area contributed by atoms with Gasteiger partial charge in [-0.25, -0.2) is 13.2 Å². The van der Waals surface area contributed by atoms with E-state index in [0.717, 1.165) is 0 Å². The van der Waals surface area contributed by atoms with Crippen LogP contribution in [0.3, 0.4) is 0 Å². The van der Waals surface area contributed by atoms with Gasteiger partial charge in [-0.3, -0.25) is 4.79 Å². The van der Waals surface area contributed by atoms with Crippen LogP contribution in [-0.4, -0.2) is 62.6 Å². The van der Waals surface area contributed by atoms with Crippen molar-refractivity contribution >= 4 is 21.9 Å². The number of carboxylic acid groups (broad SMARTS) is 1. The number of morpholine rings is 1. The lowest BCUT2D eigenvalue weighted by Gasteiger charge is -2.32. The molecule has 1 saturated heterocycles. The average Bonchev–Trinajstić information content (AvgIpc) is 2.59. The normalized spacial score (nSPS) is 18.0. The maximum Gasteiger partial charge on any atom is 0.328 e. The monoisotopic (exact) mass is 352 g/mol. The molecule has 24 heavy (non-hydrogen) atoms. The molecule has 1 fully saturated rings. The number of hydrogen-bond acceptors (Lipinski definition) is 5. The minimum atomic E-state index is -3.75. The van der Waals surface area contributed by atoms with Crippen LogP contribution in [0, 0.1) is 12.3 Å². The maximum atomic E-state index is 12.5. The molecule has 0 spiro atoms. The van der Waals surface area contributed by atoms with Gasteiger partial charge in [-0.2, -0.15) is 4.72 Å². The molecule has 1 heterocycles. The number of carbonyl (C=O) groups is 2. The number of amides is 1. The van der Waals surface area contributed by atoms with E-state index >= 15 is 0 Å². The summed E-state index contributed by atoms with van der Waals surface area (Å²) in [5.74, 6) is 0.517. The van der Waals surface area contributed by atoms with Crippen LogP contribution in [0.25, 0.3) is 0 Å². The van der Waals surface area contributed by atoms with E-state index in [1.165, 1.54) is 29.2 Å². The second-order valence-corrected chi connectivity index (χ2v) is 6.75. The number of benzene rings is 1. The lowest BCUT2D eigenvalue weighted by atomic mass is 10.1. The molecule has 0 saturated carbocycles. The number of nitrogens with one attached hydrogen (secondary N) is 1. The molecule has 2 N–H and O–H groups in total. The van der Waals surface area contributed by atoms with Gasteiger partial charge in [0.2, 0.25) is 10.0 Å². The fraction of sp³-hybridized carbons (Fsp3) is 0.333. The summed E-state index contributed by atoms with van der Waals surface area (Å²) >= 11 is 0. The van der Waals surface area contributed by atoms with Crippen LogP contribution in [0.1, 0.15) is 10.4 Å². The molecule has 0 radical (unpaired) electrons. The Kier molecular flexibility index (Phi) is 5.56. The smallest absolute Gasteiger partial charge is 0.328 e. The van der Waals surface area contributed by atoms with Gasteiger partial charge in [-0.15, -0.1) is 6.42 Å². The lowest BCUT2D eigenvalue weighted by Crippen LogP contribution is -2.52. The number of aliphatic carboxylic acids is 1. The second-order valence-electron chi connectivity index (χ2n) is 4.98. The zero-order chi connectivity index (χ0) is 17.7. The zero-order valence-corrected chi connectivity index (χ0v) is 13.5. The summed E-state index contributed by atoms with van der Waals surface area (Å²) in [5.41, 5.74) is 0.194. The SMILES string of the molecule is C#CCNS(=O)(=O)c1ccc(C(=O)N2CCOCC2C(=O)O)cc1. The van der Waals surface area contributed by atoms with Crippen LogP contribution in [0.15, 0.2) is 29.2 Å². The maximum absolute atomic E-state index is 12.5. The first kappa shape index (κ1) is 17.9. The van der Waals surface area contributed by atoms with Gasteiger partial charge in [-0.1, -0.05) is 5.92 Å². The number of terminal acetylenes is 1. The summed E-state index contributed by atoms with van der Waals surface area (Å²) in [6.07, 6.45) is 5.01. The Hall–Kier alpha value is -2.41. The number of ether oxygens (including phenoxy) is 1. The second kappa shape index (κ2) is 7.44. The number of rotatable bonds is 5. The van der Waals surface area contributed by atoms with Crippen LogP contribution in [-0.2, 0) is 19.6 Å². The van der Waals surface area contributed by atoms with E-state index in [2.05, 4.69) is 10.6 Å². The van der Waals surface area contributed by atoms with Gasteiger partial charge in [0.15, 0.2) is 6.04 Å². The summed E-state index contributed by atoms with van der Waals surface area (Å²) in [5, 5.41) is 9.16. The van der Waals surface area contributed by atoms with Crippen LogP contribution < -0.4 is 4.72 Å². The van der Waals surface area contributed by atoms with Gasteiger partial charge in [0.05, 0.1) is 24.7 Å². The molecule has 1 aliphatic heterocycles. The number of hydrogen-bond donors (Lipinski definition) is 2. The molecule has 0 bridgehead atoms. The molecule has 2 rings (SSSR count). The van der Waals surface area contributed by atoms with Crippen molar-refractivity contribution in [2.75, 3.05) is 26.3 Å². The minimum Gasteiger partial charge on any atom is -0.480 e. The van der Waals surface area contributed by atoms with Crippen molar-refractivity contribution in [3.8, 4) is 12.3 Å². The van der Waals surface area contributed by atoms with Gasteiger partial charge < -0.3 is 14.7 Å². The van der Waals surface area contributed by atoms with E-state index in [0.29, 0.717) is 0 Å². The van der Waals surface area contributed by atoms with E-state index in [-0.39, 0.29) is 36.8 Å². The quantitative estimate of drug-likeness (QED) is 0.693. The van der Waals surface area contributed by atoms with Gasteiger partial charge in [0, 0.05) is 12.1 Å². The Morgan fingerprint density at radius 1 is 1.38 bits per heavy atom. The molecule has 1 unspecified atom stereocenters. The standard InChI is InChI=1S/C15H16N2O6S/c1-2-7-16-24(21,22)12-5-3-11(4-6-12)14(18)17-8-9-23-10-13(17)15(19)20/h1,3-6,13,16H,7-10H2,(H,19,20). The summed E-state index contributed by atoms with van der Waals surface area (Å²) < 4.78 is 31.1. The van der Waals surface area contributed by atoms with E-state index in [1.54, 1.807) is 0 Å². The highest BCUT2D eigenvalue weighted by Crippen LogP contribution is 2.15. The first-order valence-electron chi connectivity index (χ1n) is 7.01. The van der Waals surface area contributed by atoms with Gasteiger partial charge in [0.25, 0.3) is 5.91 Å². The van der Waals surface area contributed by atoms with Crippen molar-refractivity contribution in [1.29, 1.82) is 0 Å². The highest BCUT2D eigenvalue weighted by Gasteiger charge is 2.33. The van der Waals surface area contributed by atoms with E-state index in [9.17, 15) is 18.0 Å². The lowest BCUT2D eigenvalue weighted by molar-refractivity contribution is -0.147. The first-order valence-corrected chi connectivity index (χ1v) is 8.50. The third kappa shape index (κ3) is 3.91. The van der Waals surface area contributed by atoms with Crippen LogP contribution in [0.5, 0.6) is 0 Å². The van der Waals surface area contributed by atoms with Crippen LogP contribution in [0.2, 0.25) is 0 Å². The van der Waals surface area contributed by atoms with Crippen molar-refractivity contribution in [2.24, 2.45) is 0 Å². The van der Waals surface area contributed by atoms with Crippen LogP contribution >= 0.6 is 0 Å². The highest BCUT2D eigenvalue weighted by molar-refractivity contribution is 7.89. The van der Waals surface area contributed by atoms with Crippen LogP contribution in [0.4, 0.5) is 0 Å². The van der Waals surface area contributed by atoms with E-state index in [1.807, 2.05) is 0 Å². The summed E-state index contributed by atoms with van der Waals surface area (Å²) in [6, 6.07) is 4.14. The predicted molar refractivity (Wildman–Crippen MR) is 83.7 cm³/mol. The highest BCUT2D eigenvalue weighted by atomic mass is 32.2. The zero-order valence-electron chi connectivity index (χ0n) is 12.6. The van der Waals surface area contributed by atoms with Crippen molar-refractivity contribution in [1.82, 2.24) is 9.62 Å². The number of carboxylic acids is 1. The predicted octanol–water partition coefficient (Wildman–Crippen LogP) is -0.476. The molecule has 128 valence electrons. The number of nitrogens with zero attached hydrogens (tertiary/aromatic N) is 1. The summed E-state index contributed by atoms with van der Waals surface area (Å²) in [7, 11) is -3.75. The molecule has 1 aliphatic rings. The van der Waals surface area contributed by atoms with Crippen molar-refractivity contribution in [3.05, 3.63) is 29.8 Å². The average molecular weight is 352 g/mol. The molecule has 0 aliphatic carbocycles. The Bertz CT molecular complexity index is 766. The topological polar surface area (TPSA) is 113 Å². The molecule has 9 heteroatoms. The Morgan fingerprint density at radius 3 is 2.62 bits per heavy atom. The third-order valence-corrected chi connectivity index (χ3v) is 4.87. The fourth-order valence-electron chi connectivity index (χ4n) is 2.21. The molecular weight excluding hydrogens is 336 g/mol. The fourth-order valence-corrected chi connectivity index (χ4v) is 3.15. The molecule has 1 atom stereocenters. The summed E-state index contributed by atoms with van der Waals surface area (Å²) in [6.45, 7) is 0.179. The number of sulfonamides is 1. The van der Waals surface area contributed by atoms with E-state index < -0.39 is 27.9 Å². The van der Waals surface area contributed by atoms with Crippen molar-refractivity contribution in [2.45, 2.75) is 10.9 Å². The van der Waals surface area contributed by atoms with Gasteiger partial charge >= 0.3 is 5.97 Å². The van der Waals surface area contributed by atoms with Crippen molar-refractivity contribution in [3.63, 3.8) is 0 Å². The molecule has 1 aromatic rings. The third-order valence-electron chi connectivity index (χ3n) is 3.45. The molecule has 1 aromatic carbocycles. The molecule has 8 nitrogen and oxygen atoms in total. The first-order chi connectivity index (χ1) is 11.4. The summed E-state index contributed by atoms with van der Waals surface area (Å²) in [4.78, 5) is 24.8. The minimum absolute atomic E-state index is 0.0361. The van der Waals surface area contributed by atoms with E-state index in [4.69, 9.17) is 16.3 Å². The largest absolute Gasteiger partial charge is 0.480 e. The molecule has 0 aromatic heterocycles. The molecular formula is C15H16N2O6S. The van der Waals surface area contributed by atoms with Gasteiger partial charge in [-0.05, 0) is 24.3 Å². The Labute approximate surface area is 139 Å². The Balaban J connectivity index is 2.19. The van der Waals surface area contributed by atoms with Gasteiger partial charge in [0.1, 0.15) is 0 Å². The number of carbonyl (C=O) groups excluding carboxylic acids is 1. The molecule has 1 amide bonds. The van der Waals surface area contributed by atoms with Crippen molar-refractivity contribution < 1.29 is 27.9 Å². The Morgan fingerprint density at radius 2 is 2.04 bits per heavy atom.